The lowest BCUT2D eigenvalue weighted by Crippen LogP contribution is -2.37. The quantitative estimate of drug-likeness (QED) is 0.715. The molecule has 1 aromatic carbocycles. The molecule has 6 heteroatoms. The monoisotopic (exact) mass is 335 g/mol. The zero-order chi connectivity index (χ0) is 16.3. The van der Waals surface area contributed by atoms with Crippen LogP contribution in [0.4, 0.5) is 0 Å². The van der Waals surface area contributed by atoms with Crippen LogP contribution in [0, 0.1) is 11.3 Å². The van der Waals surface area contributed by atoms with Gasteiger partial charge in [-0.15, -0.1) is 0 Å². The molecule has 1 aromatic rings. The zero-order valence-electron chi connectivity index (χ0n) is 13.0. The van der Waals surface area contributed by atoms with Gasteiger partial charge < -0.3 is 16.0 Å². The van der Waals surface area contributed by atoms with Gasteiger partial charge >= 0.3 is 0 Å². The molecular formula is C17H22ClN3O2. The van der Waals surface area contributed by atoms with Gasteiger partial charge in [-0.3, -0.25) is 9.59 Å². The summed E-state index contributed by atoms with van der Waals surface area (Å²) in [7, 11) is 0. The average molecular weight is 336 g/mol. The predicted octanol–water partition coefficient (Wildman–Crippen LogP) is 1.58. The molecule has 0 radical (unpaired) electrons. The number of nitrogens with one attached hydrogen (secondary N) is 3. The molecule has 1 atom stereocenters. The van der Waals surface area contributed by atoms with Crippen LogP contribution in [0.5, 0.6) is 0 Å². The summed E-state index contributed by atoms with van der Waals surface area (Å²) in [6.45, 7) is 2.87. The van der Waals surface area contributed by atoms with Crippen molar-refractivity contribution in [3.8, 4) is 0 Å². The van der Waals surface area contributed by atoms with Gasteiger partial charge in [0.05, 0.1) is 10.6 Å². The molecule has 1 aliphatic carbocycles. The van der Waals surface area contributed by atoms with Crippen molar-refractivity contribution >= 4 is 23.4 Å². The van der Waals surface area contributed by atoms with Crippen molar-refractivity contribution in [2.24, 2.45) is 11.3 Å². The van der Waals surface area contributed by atoms with Crippen LogP contribution >= 0.6 is 11.6 Å². The Morgan fingerprint density at radius 3 is 2.61 bits per heavy atom. The second-order valence-corrected chi connectivity index (χ2v) is 6.80. The lowest BCUT2D eigenvalue weighted by Gasteiger charge is -2.23. The van der Waals surface area contributed by atoms with Crippen LogP contribution in [0.2, 0.25) is 5.02 Å². The number of hydrogen-bond acceptors (Lipinski definition) is 3. The Labute approximate surface area is 141 Å². The highest BCUT2D eigenvalue weighted by atomic mass is 35.5. The number of amides is 2. The fourth-order valence-electron chi connectivity index (χ4n) is 3.42. The molecule has 0 bridgehead atoms. The molecule has 0 unspecified atom stereocenters. The molecular weight excluding hydrogens is 314 g/mol. The van der Waals surface area contributed by atoms with Crippen molar-refractivity contribution in [2.75, 3.05) is 26.2 Å². The summed E-state index contributed by atoms with van der Waals surface area (Å²) < 4.78 is 0. The molecule has 1 aliphatic heterocycles. The first-order chi connectivity index (χ1) is 11.1. The molecule has 2 aliphatic rings. The summed E-state index contributed by atoms with van der Waals surface area (Å²) in [5.74, 6) is 0.0638. The lowest BCUT2D eigenvalue weighted by molar-refractivity contribution is -0.123. The topological polar surface area (TPSA) is 70.2 Å². The highest BCUT2D eigenvalue weighted by Crippen LogP contribution is 2.58. The van der Waals surface area contributed by atoms with Crippen molar-refractivity contribution in [1.29, 1.82) is 0 Å². The smallest absolute Gasteiger partial charge is 0.252 e. The maximum atomic E-state index is 12.2. The minimum Gasteiger partial charge on any atom is -0.354 e. The number of benzene rings is 1. The first-order valence-electron chi connectivity index (χ1n) is 8.14. The standard InChI is InChI=1S/C17H22ClN3O2/c18-14-4-2-1-3-12(14)15(22)20-9-10-21-16(23)13-11-17(13)5-7-19-8-6-17/h1-4,13,19H,5-11H2,(H,20,22)(H,21,23)/t13-/m1/s1. The third-order valence-corrected chi connectivity index (χ3v) is 5.26. The molecule has 124 valence electrons. The van der Waals surface area contributed by atoms with Gasteiger partial charge in [0.2, 0.25) is 5.91 Å². The van der Waals surface area contributed by atoms with E-state index in [9.17, 15) is 9.59 Å². The van der Waals surface area contributed by atoms with E-state index >= 15 is 0 Å². The van der Waals surface area contributed by atoms with Gasteiger partial charge in [0.25, 0.3) is 5.91 Å². The van der Waals surface area contributed by atoms with Crippen molar-refractivity contribution in [3.05, 3.63) is 34.9 Å². The minimum absolute atomic E-state index is 0.124. The van der Waals surface area contributed by atoms with Gasteiger partial charge in [-0.25, -0.2) is 0 Å². The normalized spacial score (nSPS) is 21.7. The van der Waals surface area contributed by atoms with Gasteiger partial charge in [-0.2, -0.15) is 0 Å². The molecule has 2 amide bonds. The Bertz CT molecular complexity index is 599. The summed E-state index contributed by atoms with van der Waals surface area (Å²) in [5, 5.41) is 9.47. The molecule has 23 heavy (non-hydrogen) atoms. The summed E-state index contributed by atoms with van der Waals surface area (Å²) in [6.07, 6.45) is 3.19. The molecule has 5 nitrogen and oxygen atoms in total. The second kappa shape index (κ2) is 6.89. The third kappa shape index (κ3) is 3.67. The van der Waals surface area contributed by atoms with Gasteiger partial charge in [-0.05, 0) is 49.9 Å². The summed E-state index contributed by atoms with van der Waals surface area (Å²) in [4.78, 5) is 24.2. The van der Waals surface area contributed by atoms with E-state index in [0.717, 1.165) is 32.4 Å². The Morgan fingerprint density at radius 2 is 1.87 bits per heavy atom. The largest absolute Gasteiger partial charge is 0.354 e. The van der Waals surface area contributed by atoms with Crippen LogP contribution < -0.4 is 16.0 Å². The molecule has 1 heterocycles. The number of piperidine rings is 1. The van der Waals surface area contributed by atoms with Crippen molar-refractivity contribution in [1.82, 2.24) is 16.0 Å². The number of halogens is 1. The number of hydrogen-bond donors (Lipinski definition) is 3. The van der Waals surface area contributed by atoms with E-state index in [2.05, 4.69) is 16.0 Å². The van der Waals surface area contributed by atoms with Crippen LogP contribution in [-0.4, -0.2) is 38.0 Å². The number of rotatable bonds is 5. The number of carbonyl (C=O) groups excluding carboxylic acids is 2. The maximum absolute atomic E-state index is 12.2. The van der Waals surface area contributed by atoms with E-state index in [1.165, 1.54) is 0 Å². The van der Waals surface area contributed by atoms with Crippen molar-refractivity contribution in [3.63, 3.8) is 0 Å². The third-order valence-electron chi connectivity index (χ3n) is 4.93. The van der Waals surface area contributed by atoms with E-state index in [0.29, 0.717) is 23.7 Å². The Hall–Kier alpha value is -1.59. The van der Waals surface area contributed by atoms with E-state index < -0.39 is 0 Å². The maximum Gasteiger partial charge on any atom is 0.252 e. The summed E-state index contributed by atoms with van der Waals surface area (Å²) in [5.41, 5.74) is 0.701. The van der Waals surface area contributed by atoms with Gasteiger partial charge in [-0.1, -0.05) is 23.7 Å². The zero-order valence-corrected chi connectivity index (χ0v) is 13.8. The van der Waals surface area contributed by atoms with Crippen LogP contribution in [0.1, 0.15) is 29.6 Å². The predicted molar refractivity (Wildman–Crippen MR) is 89.4 cm³/mol. The van der Waals surface area contributed by atoms with Crippen LogP contribution in [0.15, 0.2) is 24.3 Å². The van der Waals surface area contributed by atoms with Gasteiger partial charge in [0.15, 0.2) is 0 Å². The summed E-state index contributed by atoms with van der Waals surface area (Å²) in [6, 6.07) is 6.92. The van der Waals surface area contributed by atoms with Crippen molar-refractivity contribution < 1.29 is 9.59 Å². The van der Waals surface area contributed by atoms with Crippen LogP contribution in [0.3, 0.4) is 0 Å². The first-order valence-corrected chi connectivity index (χ1v) is 8.51. The molecule has 1 saturated carbocycles. The van der Waals surface area contributed by atoms with E-state index in [1.54, 1.807) is 24.3 Å². The van der Waals surface area contributed by atoms with E-state index in [-0.39, 0.29) is 23.1 Å². The van der Waals surface area contributed by atoms with Crippen LogP contribution in [0.25, 0.3) is 0 Å². The van der Waals surface area contributed by atoms with E-state index in [4.69, 9.17) is 11.6 Å². The molecule has 3 rings (SSSR count). The molecule has 2 fully saturated rings. The fraction of sp³-hybridized carbons (Fsp3) is 0.529. The second-order valence-electron chi connectivity index (χ2n) is 6.40. The fourth-order valence-corrected chi connectivity index (χ4v) is 3.64. The highest BCUT2D eigenvalue weighted by Gasteiger charge is 2.57. The summed E-state index contributed by atoms with van der Waals surface area (Å²) >= 11 is 5.98. The van der Waals surface area contributed by atoms with Gasteiger partial charge in [0.1, 0.15) is 0 Å². The number of carbonyl (C=O) groups is 2. The lowest BCUT2D eigenvalue weighted by atomic mass is 9.92. The Kier molecular flexibility index (Phi) is 4.87. The molecule has 1 spiro atoms. The Balaban J connectivity index is 1.38. The minimum atomic E-state index is -0.217. The highest BCUT2D eigenvalue weighted by molar-refractivity contribution is 6.33. The van der Waals surface area contributed by atoms with Crippen molar-refractivity contribution in [2.45, 2.75) is 19.3 Å². The molecule has 0 aromatic heterocycles. The first kappa shape index (κ1) is 16.3. The average Bonchev–Trinajstić information content (AvgIpc) is 3.25. The SMILES string of the molecule is O=C(NCCNC(=O)[C@H]1CC12CCNCC2)c1ccccc1Cl. The van der Waals surface area contributed by atoms with Crippen LogP contribution in [-0.2, 0) is 4.79 Å². The molecule has 3 N–H and O–H groups in total. The Morgan fingerprint density at radius 1 is 1.17 bits per heavy atom. The molecule has 1 saturated heterocycles. The van der Waals surface area contributed by atoms with E-state index in [1.807, 2.05) is 0 Å². The van der Waals surface area contributed by atoms with Gasteiger partial charge in [0, 0.05) is 19.0 Å².